The molecular weight excluding hydrogens is 292 g/mol. The maximum absolute atomic E-state index is 12.5. The van der Waals surface area contributed by atoms with Gasteiger partial charge < -0.3 is 5.11 Å². The average molecular weight is 312 g/mol. The molecule has 0 spiro atoms. The van der Waals surface area contributed by atoms with E-state index in [9.17, 15) is 13.2 Å². The summed E-state index contributed by atoms with van der Waals surface area (Å²) >= 11 is 0. The third-order valence-electron chi connectivity index (χ3n) is 3.18. The van der Waals surface area contributed by atoms with Crippen molar-refractivity contribution in [2.75, 3.05) is 10.8 Å². The Morgan fingerprint density at radius 3 is 2.57 bits per heavy atom. The molecule has 116 valence electrons. The maximum atomic E-state index is 12.5. The number of carboxylic acids is 1. The van der Waals surface area contributed by atoms with Crippen LogP contribution in [0.5, 0.6) is 0 Å². The average Bonchev–Trinajstić information content (AvgIpc) is 2.65. The van der Waals surface area contributed by atoms with Crippen LogP contribution in [0.2, 0.25) is 0 Å². The van der Waals surface area contributed by atoms with E-state index in [-0.39, 0.29) is 18.9 Å². The molecule has 0 aromatic heterocycles. The fourth-order valence-electron chi connectivity index (χ4n) is 2.51. The van der Waals surface area contributed by atoms with Crippen molar-refractivity contribution in [1.82, 2.24) is 4.72 Å². The van der Waals surface area contributed by atoms with Crippen molar-refractivity contribution in [3.8, 4) is 0 Å². The van der Waals surface area contributed by atoms with Gasteiger partial charge in [-0.2, -0.15) is 13.1 Å². The second-order valence-electron chi connectivity index (χ2n) is 6.24. The molecule has 1 unspecified atom stereocenters. The number of para-hydroxylation sites is 1. The summed E-state index contributed by atoms with van der Waals surface area (Å²) < 4.78 is 28.9. The molecule has 2 rings (SSSR count). The quantitative estimate of drug-likeness (QED) is 0.886. The molecule has 0 saturated carbocycles. The Morgan fingerprint density at radius 1 is 1.38 bits per heavy atom. The van der Waals surface area contributed by atoms with Crippen molar-refractivity contribution in [3.05, 3.63) is 29.8 Å². The highest BCUT2D eigenvalue weighted by molar-refractivity contribution is 7.91. The van der Waals surface area contributed by atoms with Crippen molar-refractivity contribution >= 4 is 21.9 Å². The second kappa shape index (κ2) is 5.31. The minimum absolute atomic E-state index is 0.0848. The SMILES string of the molecule is CC(C)(C)NS(=O)(=O)N1CC(CC(=O)O)c2ccccc21. The van der Waals surface area contributed by atoms with Crippen LogP contribution < -0.4 is 9.03 Å². The van der Waals surface area contributed by atoms with E-state index < -0.39 is 21.7 Å². The van der Waals surface area contributed by atoms with Gasteiger partial charge in [0.05, 0.1) is 12.1 Å². The number of carbonyl (C=O) groups is 1. The predicted octanol–water partition coefficient (Wildman–Crippen LogP) is 1.70. The first-order chi connectivity index (χ1) is 9.60. The zero-order chi connectivity index (χ0) is 15.8. The van der Waals surface area contributed by atoms with Crippen molar-refractivity contribution < 1.29 is 18.3 Å². The van der Waals surface area contributed by atoms with Crippen LogP contribution in [0.15, 0.2) is 24.3 Å². The summed E-state index contributed by atoms with van der Waals surface area (Å²) in [6.45, 7) is 5.45. The van der Waals surface area contributed by atoms with Gasteiger partial charge in [-0.15, -0.1) is 0 Å². The molecule has 1 aliphatic heterocycles. The summed E-state index contributed by atoms with van der Waals surface area (Å²) in [5.41, 5.74) is 0.721. The van der Waals surface area contributed by atoms with E-state index in [0.717, 1.165) is 5.56 Å². The van der Waals surface area contributed by atoms with Crippen LogP contribution in [0.1, 0.15) is 38.7 Å². The van der Waals surface area contributed by atoms with Gasteiger partial charge in [0.1, 0.15) is 0 Å². The molecule has 1 aromatic rings. The van der Waals surface area contributed by atoms with E-state index in [1.807, 2.05) is 0 Å². The molecule has 0 aliphatic carbocycles. The Morgan fingerprint density at radius 2 is 2.00 bits per heavy atom. The number of hydrogen-bond donors (Lipinski definition) is 2. The van der Waals surface area contributed by atoms with Crippen molar-refractivity contribution in [2.45, 2.75) is 38.6 Å². The van der Waals surface area contributed by atoms with Crippen molar-refractivity contribution in [3.63, 3.8) is 0 Å². The fourth-order valence-corrected chi connectivity index (χ4v) is 4.20. The largest absolute Gasteiger partial charge is 0.481 e. The number of benzene rings is 1. The van der Waals surface area contributed by atoms with Crippen LogP contribution in [-0.2, 0) is 15.0 Å². The molecule has 0 radical (unpaired) electrons. The first-order valence-electron chi connectivity index (χ1n) is 6.72. The molecule has 1 aliphatic rings. The molecule has 21 heavy (non-hydrogen) atoms. The summed E-state index contributed by atoms with van der Waals surface area (Å²) in [5.74, 6) is -1.26. The molecule has 1 atom stereocenters. The second-order valence-corrected chi connectivity index (χ2v) is 7.84. The number of nitrogens with zero attached hydrogens (tertiary/aromatic N) is 1. The normalized spacial score (nSPS) is 18.6. The predicted molar refractivity (Wildman–Crippen MR) is 80.6 cm³/mol. The number of fused-ring (bicyclic) bond motifs is 1. The Balaban J connectivity index is 2.37. The minimum atomic E-state index is -3.71. The lowest BCUT2D eigenvalue weighted by atomic mass is 9.98. The zero-order valence-corrected chi connectivity index (χ0v) is 13.1. The summed E-state index contributed by atoms with van der Waals surface area (Å²) in [5, 5.41) is 8.99. The number of carboxylic acid groups (broad SMARTS) is 1. The Kier molecular flexibility index (Phi) is 3.99. The molecule has 6 nitrogen and oxygen atoms in total. The molecule has 0 amide bonds. The topological polar surface area (TPSA) is 86.7 Å². The molecule has 1 heterocycles. The van der Waals surface area contributed by atoms with E-state index in [1.54, 1.807) is 45.0 Å². The highest BCUT2D eigenvalue weighted by atomic mass is 32.2. The van der Waals surface area contributed by atoms with Gasteiger partial charge in [0.25, 0.3) is 0 Å². The molecular formula is C14H20N2O4S. The number of rotatable bonds is 4. The van der Waals surface area contributed by atoms with Crippen LogP contribution in [-0.4, -0.2) is 31.6 Å². The lowest BCUT2D eigenvalue weighted by Gasteiger charge is -2.26. The molecule has 2 N–H and O–H groups in total. The standard InChI is InChI=1S/C14H20N2O4S/c1-14(2,3)15-21(19,20)16-9-10(8-13(17)18)11-6-4-5-7-12(11)16/h4-7,10,15H,8-9H2,1-3H3,(H,17,18). The van der Waals surface area contributed by atoms with E-state index >= 15 is 0 Å². The highest BCUT2D eigenvalue weighted by Crippen LogP contribution is 2.39. The summed E-state index contributed by atoms with van der Waals surface area (Å²) in [7, 11) is -3.71. The van der Waals surface area contributed by atoms with Crippen LogP contribution in [0.25, 0.3) is 0 Å². The molecule has 0 bridgehead atoms. The van der Waals surface area contributed by atoms with Gasteiger partial charge in [-0.3, -0.25) is 9.10 Å². The van der Waals surface area contributed by atoms with Crippen LogP contribution in [0.3, 0.4) is 0 Å². The summed E-state index contributed by atoms with van der Waals surface area (Å²) in [6.07, 6.45) is -0.0848. The van der Waals surface area contributed by atoms with Gasteiger partial charge in [0, 0.05) is 18.0 Å². The minimum Gasteiger partial charge on any atom is -0.481 e. The lowest BCUT2D eigenvalue weighted by Crippen LogP contribution is -2.48. The lowest BCUT2D eigenvalue weighted by molar-refractivity contribution is -0.137. The molecule has 7 heteroatoms. The first-order valence-corrected chi connectivity index (χ1v) is 8.16. The monoisotopic (exact) mass is 312 g/mol. The van der Waals surface area contributed by atoms with Crippen molar-refractivity contribution in [1.29, 1.82) is 0 Å². The number of hydrogen-bond acceptors (Lipinski definition) is 3. The first kappa shape index (κ1) is 15.8. The van der Waals surface area contributed by atoms with Gasteiger partial charge in [0.15, 0.2) is 0 Å². The molecule has 0 saturated heterocycles. The van der Waals surface area contributed by atoms with Gasteiger partial charge in [-0.25, -0.2) is 0 Å². The number of anilines is 1. The van der Waals surface area contributed by atoms with Gasteiger partial charge in [0.2, 0.25) is 0 Å². The van der Waals surface area contributed by atoms with E-state index in [4.69, 9.17) is 5.11 Å². The Hall–Kier alpha value is -1.60. The maximum Gasteiger partial charge on any atom is 0.304 e. The van der Waals surface area contributed by atoms with Crippen LogP contribution in [0.4, 0.5) is 5.69 Å². The third kappa shape index (κ3) is 3.54. The number of nitrogens with one attached hydrogen (secondary N) is 1. The van der Waals surface area contributed by atoms with Crippen molar-refractivity contribution in [2.24, 2.45) is 0 Å². The van der Waals surface area contributed by atoms with Crippen LogP contribution in [0, 0.1) is 0 Å². The van der Waals surface area contributed by atoms with Crippen LogP contribution >= 0.6 is 0 Å². The van der Waals surface area contributed by atoms with E-state index in [1.165, 1.54) is 4.31 Å². The summed E-state index contributed by atoms with van der Waals surface area (Å²) in [4.78, 5) is 11.0. The van der Waals surface area contributed by atoms with Gasteiger partial charge in [-0.1, -0.05) is 18.2 Å². The fraction of sp³-hybridized carbons (Fsp3) is 0.500. The van der Waals surface area contributed by atoms with Gasteiger partial charge >= 0.3 is 16.2 Å². The molecule has 1 aromatic carbocycles. The Bertz CT molecular complexity index is 649. The molecule has 0 fully saturated rings. The number of aliphatic carboxylic acids is 1. The Labute approximate surface area is 125 Å². The zero-order valence-electron chi connectivity index (χ0n) is 12.3. The van der Waals surface area contributed by atoms with E-state index in [2.05, 4.69) is 4.72 Å². The highest BCUT2D eigenvalue weighted by Gasteiger charge is 2.37. The van der Waals surface area contributed by atoms with Gasteiger partial charge in [-0.05, 0) is 32.4 Å². The smallest absolute Gasteiger partial charge is 0.304 e. The van der Waals surface area contributed by atoms with E-state index in [0.29, 0.717) is 5.69 Å². The summed E-state index contributed by atoms with van der Waals surface area (Å²) in [6, 6.07) is 7.04. The third-order valence-corrected chi connectivity index (χ3v) is 4.97.